The van der Waals surface area contributed by atoms with Crippen LogP contribution in [0, 0.1) is 0 Å². The largest absolute Gasteiger partial charge is 0.466 e. The Balaban J connectivity index is 3.33. The maximum Gasteiger partial charge on any atom is 0.305 e. The van der Waals surface area contributed by atoms with Gasteiger partial charge in [0, 0.05) is 12.8 Å². The predicted octanol–water partition coefficient (Wildman–Crippen LogP) is 5.18. The van der Waals surface area contributed by atoms with Gasteiger partial charge in [-0.2, -0.15) is 0 Å². The second-order valence-corrected chi connectivity index (χ2v) is 6.12. The third-order valence-corrected chi connectivity index (χ3v) is 3.78. The summed E-state index contributed by atoms with van der Waals surface area (Å²) in [5.74, 6) is -0.403. The molecule has 0 atom stereocenters. The quantitative estimate of drug-likeness (QED) is 0.289. The number of rotatable bonds is 16. The predicted molar refractivity (Wildman–Crippen MR) is 93.3 cm³/mol. The molecule has 0 spiro atoms. The molecule has 4 heteroatoms. The highest BCUT2D eigenvalue weighted by Gasteiger charge is 2.07. The number of hydrogen-bond acceptors (Lipinski definition) is 4. The number of esters is 2. The summed E-state index contributed by atoms with van der Waals surface area (Å²) in [5, 5.41) is 0. The van der Waals surface area contributed by atoms with Crippen LogP contribution in [0.4, 0.5) is 0 Å². The minimum Gasteiger partial charge on any atom is -0.466 e. The SMILES string of the molecule is CCCCCCCCOC(=O)CCCC(=O)OCCCCCC. The van der Waals surface area contributed by atoms with Crippen molar-refractivity contribution in [1.29, 1.82) is 0 Å². The van der Waals surface area contributed by atoms with Crippen LogP contribution in [0.25, 0.3) is 0 Å². The standard InChI is InChI=1S/C19H36O4/c1-3-5-7-9-10-12-17-23-19(21)15-13-14-18(20)22-16-11-8-6-4-2/h3-17H2,1-2H3. The molecule has 0 aliphatic carbocycles. The fraction of sp³-hybridized carbons (Fsp3) is 0.895. The zero-order valence-electron chi connectivity index (χ0n) is 15.2. The van der Waals surface area contributed by atoms with Crippen molar-refractivity contribution in [2.24, 2.45) is 0 Å². The first kappa shape index (κ1) is 21.9. The van der Waals surface area contributed by atoms with Crippen LogP contribution in [-0.2, 0) is 19.1 Å². The maximum atomic E-state index is 11.5. The first-order chi connectivity index (χ1) is 11.2. The first-order valence-electron chi connectivity index (χ1n) is 9.52. The molecule has 0 saturated heterocycles. The highest BCUT2D eigenvalue weighted by atomic mass is 16.5. The van der Waals surface area contributed by atoms with E-state index < -0.39 is 0 Å². The Labute approximate surface area is 142 Å². The Hall–Kier alpha value is -1.06. The van der Waals surface area contributed by atoms with E-state index >= 15 is 0 Å². The first-order valence-corrected chi connectivity index (χ1v) is 9.52. The lowest BCUT2D eigenvalue weighted by Crippen LogP contribution is -2.09. The third kappa shape index (κ3) is 17.1. The van der Waals surface area contributed by atoms with E-state index in [0.717, 1.165) is 25.7 Å². The van der Waals surface area contributed by atoms with Gasteiger partial charge in [-0.3, -0.25) is 9.59 Å². The number of ether oxygens (including phenoxy) is 2. The van der Waals surface area contributed by atoms with Crippen molar-refractivity contribution in [1.82, 2.24) is 0 Å². The molecule has 0 aromatic carbocycles. The van der Waals surface area contributed by atoms with Gasteiger partial charge >= 0.3 is 11.9 Å². The smallest absolute Gasteiger partial charge is 0.305 e. The van der Waals surface area contributed by atoms with Crippen LogP contribution in [0.5, 0.6) is 0 Å². The molecule has 23 heavy (non-hydrogen) atoms. The van der Waals surface area contributed by atoms with Crippen LogP contribution >= 0.6 is 0 Å². The molecule has 0 heterocycles. The second kappa shape index (κ2) is 17.3. The van der Waals surface area contributed by atoms with Gasteiger partial charge in [0.1, 0.15) is 0 Å². The summed E-state index contributed by atoms with van der Waals surface area (Å²) in [6, 6.07) is 0. The van der Waals surface area contributed by atoms with Crippen molar-refractivity contribution in [2.45, 2.75) is 97.3 Å². The highest BCUT2D eigenvalue weighted by Crippen LogP contribution is 2.06. The summed E-state index contributed by atoms with van der Waals surface area (Å²) < 4.78 is 10.3. The Morgan fingerprint density at radius 1 is 0.565 bits per heavy atom. The van der Waals surface area contributed by atoms with Crippen molar-refractivity contribution < 1.29 is 19.1 Å². The molecule has 0 rings (SSSR count). The van der Waals surface area contributed by atoms with Gasteiger partial charge in [-0.15, -0.1) is 0 Å². The van der Waals surface area contributed by atoms with Crippen molar-refractivity contribution >= 4 is 11.9 Å². The Morgan fingerprint density at radius 2 is 0.957 bits per heavy atom. The maximum absolute atomic E-state index is 11.5. The Morgan fingerprint density at radius 3 is 1.43 bits per heavy atom. The lowest BCUT2D eigenvalue weighted by atomic mass is 10.1. The zero-order chi connectivity index (χ0) is 17.2. The van der Waals surface area contributed by atoms with Crippen molar-refractivity contribution in [3.05, 3.63) is 0 Å². The number of unbranched alkanes of at least 4 members (excludes halogenated alkanes) is 8. The van der Waals surface area contributed by atoms with Crippen molar-refractivity contribution in [3.8, 4) is 0 Å². The van der Waals surface area contributed by atoms with E-state index in [1.165, 1.54) is 38.5 Å². The fourth-order valence-electron chi connectivity index (χ4n) is 2.30. The molecule has 136 valence electrons. The average Bonchev–Trinajstić information content (AvgIpc) is 2.54. The van der Waals surface area contributed by atoms with Crippen LogP contribution < -0.4 is 0 Å². The average molecular weight is 328 g/mol. The van der Waals surface area contributed by atoms with Gasteiger partial charge in [0.25, 0.3) is 0 Å². The van der Waals surface area contributed by atoms with Crippen LogP contribution in [-0.4, -0.2) is 25.2 Å². The molecular formula is C19H36O4. The second-order valence-electron chi connectivity index (χ2n) is 6.12. The summed E-state index contributed by atoms with van der Waals surface area (Å²) in [6.07, 6.45) is 12.6. The van der Waals surface area contributed by atoms with Gasteiger partial charge in [0.2, 0.25) is 0 Å². The molecule has 0 radical (unpaired) electrons. The van der Waals surface area contributed by atoms with Crippen LogP contribution in [0.15, 0.2) is 0 Å². The molecule has 0 saturated carbocycles. The van der Waals surface area contributed by atoms with Gasteiger partial charge < -0.3 is 9.47 Å². The molecule has 0 aliphatic rings. The lowest BCUT2D eigenvalue weighted by Gasteiger charge is -2.06. The summed E-state index contributed by atoms with van der Waals surface area (Å²) >= 11 is 0. The molecule has 4 nitrogen and oxygen atoms in total. The van der Waals surface area contributed by atoms with E-state index in [2.05, 4.69) is 13.8 Å². The van der Waals surface area contributed by atoms with Gasteiger partial charge in [0.05, 0.1) is 13.2 Å². The van der Waals surface area contributed by atoms with E-state index in [4.69, 9.17) is 9.47 Å². The molecule has 0 amide bonds. The molecule has 0 aromatic rings. The van der Waals surface area contributed by atoms with Crippen LogP contribution in [0.1, 0.15) is 97.3 Å². The van der Waals surface area contributed by atoms with Crippen molar-refractivity contribution in [3.63, 3.8) is 0 Å². The molecular weight excluding hydrogens is 292 g/mol. The minimum atomic E-state index is -0.203. The monoisotopic (exact) mass is 328 g/mol. The van der Waals surface area contributed by atoms with Gasteiger partial charge in [-0.05, 0) is 19.3 Å². The van der Waals surface area contributed by atoms with E-state index in [1.807, 2.05) is 0 Å². The molecule has 0 N–H and O–H groups in total. The molecule has 0 aromatic heterocycles. The third-order valence-electron chi connectivity index (χ3n) is 3.78. The van der Waals surface area contributed by atoms with Crippen LogP contribution in [0.2, 0.25) is 0 Å². The number of carbonyl (C=O) groups is 2. The minimum absolute atomic E-state index is 0.200. The molecule has 0 aliphatic heterocycles. The number of carbonyl (C=O) groups excluding carboxylic acids is 2. The highest BCUT2D eigenvalue weighted by molar-refractivity contribution is 5.72. The summed E-state index contributed by atoms with van der Waals surface area (Å²) in [6.45, 7) is 5.36. The van der Waals surface area contributed by atoms with E-state index in [1.54, 1.807) is 0 Å². The van der Waals surface area contributed by atoms with Crippen LogP contribution in [0.3, 0.4) is 0 Å². The fourth-order valence-corrected chi connectivity index (χ4v) is 2.30. The van der Waals surface area contributed by atoms with Gasteiger partial charge in [-0.1, -0.05) is 65.2 Å². The number of hydrogen-bond donors (Lipinski definition) is 0. The zero-order valence-corrected chi connectivity index (χ0v) is 15.2. The lowest BCUT2D eigenvalue weighted by molar-refractivity contribution is -0.145. The van der Waals surface area contributed by atoms with Crippen molar-refractivity contribution in [2.75, 3.05) is 13.2 Å². The summed E-state index contributed by atoms with van der Waals surface area (Å²) in [5.41, 5.74) is 0. The topological polar surface area (TPSA) is 52.6 Å². The summed E-state index contributed by atoms with van der Waals surface area (Å²) in [4.78, 5) is 23.0. The van der Waals surface area contributed by atoms with E-state index in [9.17, 15) is 9.59 Å². The summed E-state index contributed by atoms with van der Waals surface area (Å²) in [7, 11) is 0. The normalized spacial score (nSPS) is 10.5. The van der Waals surface area contributed by atoms with Gasteiger partial charge in [0.15, 0.2) is 0 Å². The van der Waals surface area contributed by atoms with E-state index in [-0.39, 0.29) is 11.9 Å². The van der Waals surface area contributed by atoms with Gasteiger partial charge in [-0.25, -0.2) is 0 Å². The molecule has 0 unspecified atom stereocenters. The molecule has 0 bridgehead atoms. The van der Waals surface area contributed by atoms with E-state index in [0.29, 0.717) is 32.5 Å². The Bertz CT molecular complexity index is 289. The Kier molecular flexibility index (Phi) is 16.5. The molecule has 0 fully saturated rings.